The van der Waals surface area contributed by atoms with Crippen LogP contribution >= 0.6 is 0 Å². The van der Waals surface area contributed by atoms with Crippen LogP contribution in [0.15, 0.2) is 24.3 Å². The summed E-state index contributed by atoms with van der Waals surface area (Å²) in [5.41, 5.74) is 6.46. The minimum Gasteiger partial charge on any atom is -0.367 e. The number of carbonyl (C=O) groups excluding carboxylic acids is 2. The second-order valence-electron chi connectivity index (χ2n) is 6.46. The van der Waals surface area contributed by atoms with Gasteiger partial charge in [-0.25, -0.2) is 0 Å². The van der Waals surface area contributed by atoms with E-state index < -0.39 is 6.10 Å². The number of likely N-dealkylation sites (tertiary alicyclic amines) is 1. The summed E-state index contributed by atoms with van der Waals surface area (Å²) >= 11 is 0. The van der Waals surface area contributed by atoms with Crippen LogP contribution in [0.25, 0.3) is 0 Å². The SMILES string of the molecule is N#Cc1ccc(C(=O)N2CCC([C@@H]3CC[C@H](C(N)=O)O3)CC2)cc1. The molecule has 24 heavy (non-hydrogen) atoms. The number of hydrogen-bond acceptors (Lipinski definition) is 4. The number of primary amides is 1. The molecule has 0 aromatic heterocycles. The highest BCUT2D eigenvalue weighted by Crippen LogP contribution is 2.32. The summed E-state index contributed by atoms with van der Waals surface area (Å²) in [6.07, 6.45) is 2.94. The van der Waals surface area contributed by atoms with Gasteiger partial charge in [0.1, 0.15) is 6.10 Å². The van der Waals surface area contributed by atoms with Gasteiger partial charge in [-0.2, -0.15) is 5.26 Å². The summed E-state index contributed by atoms with van der Waals surface area (Å²) in [5.74, 6) is -0.00872. The third kappa shape index (κ3) is 3.41. The van der Waals surface area contributed by atoms with Crippen molar-refractivity contribution in [1.29, 1.82) is 5.26 Å². The van der Waals surface area contributed by atoms with Crippen LogP contribution < -0.4 is 5.73 Å². The highest BCUT2D eigenvalue weighted by molar-refractivity contribution is 5.94. The first kappa shape index (κ1) is 16.5. The largest absolute Gasteiger partial charge is 0.367 e. The van der Waals surface area contributed by atoms with Crippen molar-refractivity contribution in [1.82, 2.24) is 4.90 Å². The van der Waals surface area contributed by atoms with Gasteiger partial charge in [-0.1, -0.05) is 0 Å². The highest BCUT2D eigenvalue weighted by Gasteiger charge is 2.36. The summed E-state index contributed by atoms with van der Waals surface area (Å²) in [5, 5.41) is 8.82. The van der Waals surface area contributed by atoms with E-state index in [0.29, 0.717) is 36.6 Å². The molecule has 6 nitrogen and oxygen atoms in total. The molecular weight excluding hydrogens is 306 g/mol. The molecule has 0 spiro atoms. The number of carbonyl (C=O) groups is 2. The van der Waals surface area contributed by atoms with Crippen LogP contribution in [0.5, 0.6) is 0 Å². The van der Waals surface area contributed by atoms with E-state index in [4.69, 9.17) is 15.7 Å². The molecule has 2 fully saturated rings. The van der Waals surface area contributed by atoms with Crippen molar-refractivity contribution in [2.75, 3.05) is 13.1 Å². The van der Waals surface area contributed by atoms with E-state index in [1.54, 1.807) is 24.3 Å². The zero-order chi connectivity index (χ0) is 17.1. The van der Waals surface area contributed by atoms with Crippen molar-refractivity contribution < 1.29 is 14.3 Å². The number of amides is 2. The van der Waals surface area contributed by atoms with Crippen LogP contribution in [0, 0.1) is 17.2 Å². The lowest BCUT2D eigenvalue weighted by molar-refractivity contribution is -0.130. The fourth-order valence-electron chi connectivity index (χ4n) is 3.56. The molecule has 2 aliphatic heterocycles. The Bertz CT molecular complexity index is 657. The lowest BCUT2D eigenvalue weighted by Gasteiger charge is -2.34. The van der Waals surface area contributed by atoms with Gasteiger partial charge in [0.25, 0.3) is 5.91 Å². The Hall–Kier alpha value is -2.39. The molecule has 2 atom stereocenters. The van der Waals surface area contributed by atoms with Crippen LogP contribution in [0.2, 0.25) is 0 Å². The average Bonchev–Trinajstić information content (AvgIpc) is 3.12. The van der Waals surface area contributed by atoms with E-state index >= 15 is 0 Å². The predicted molar refractivity (Wildman–Crippen MR) is 86.9 cm³/mol. The van der Waals surface area contributed by atoms with Crippen LogP contribution in [0.1, 0.15) is 41.6 Å². The molecule has 3 rings (SSSR count). The van der Waals surface area contributed by atoms with Crippen molar-refractivity contribution in [2.24, 2.45) is 11.7 Å². The Labute approximate surface area is 141 Å². The molecule has 0 unspecified atom stereocenters. The Morgan fingerprint density at radius 3 is 2.33 bits per heavy atom. The third-order valence-corrected chi connectivity index (χ3v) is 4.98. The lowest BCUT2D eigenvalue weighted by atomic mass is 9.89. The minimum atomic E-state index is -0.451. The lowest BCUT2D eigenvalue weighted by Crippen LogP contribution is -2.41. The highest BCUT2D eigenvalue weighted by atomic mass is 16.5. The Kier molecular flexibility index (Phi) is 4.81. The molecule has 2 N–H and O–H groups in total. The summed E-state index contributed by atoms with van der Waals surface area (Å²) in [6, 6.07) is 8.77. The maximum absolute atomic E-state index is 12.5. The number of nitrogens with two attached hydrogens (primary N) is 1. The van der Waals surface area contributed by atoms with E-state index in [1.165, 1.54) is 0 Å². The van der Waals surface area contributed by atoms with Gasteiger partial charge >= 0.3 is 0 Å². The monoisotopic (exact) mass is 327 g/mol. The van der Waals surface area contributed by atoms with Crippen molar-refractivity contribution in [3.8, 4) is 6.07 Å². The van der Waals surface area contributed by atoms with Crippen LogP contribution in [0.3, 0.4) is 0 Å². The number of benzene rings is 1. The normalized spacial score (nSPS) is 24.5. The molecule has 1 aromatic rings. The molecule has 0 radical (unpaired) electrons. The van der Waals surface area contributed by atoms with Crippen molar-refractivity contribution in [3.63, 3.8) is 0 Å². The van der Waals surface area contributed by atoms with Gasteiger partial charge in [-0.3, -0.25) is 9.59 Å². The first-order valence-corrected chi connectivity index (χ1v) is 8.32. The first-order valence-electron chi connectivity index (χ1n) is 8.32. The standard InChI is InChI=1S/C18H21N3O3/c19-11-12-1-3-14(4-2-12)18(23)21-9-7-13(8-10-21)15-5-6-16(24-15)17(20)22/h1-4,13,15-16H,5-10H2,(H2,20,22)/t15-,16+/m0/s1. The predicted octanol–water partition coefficient (Wildman–Crippen LogP) is 1.44. The van der Waals surface area contributed by atoms with Crippen LogP contribution in [-0.2, 0) is 9.53 Å². The maximum atomic E-state index is 12.5. The van der Waals surface area contributed by atoms with E-state index in [2.05, 4.69) is 0 Å². The third-order valence-electron chi connectivity index (χ3n) is 4.98. The molecule has 2 heterocycles. The van der Waals surface area contributed by atoms with E-state index in [0.717, 1.165) is 19.3 Å². The molecule has 0 saturated carbocycles. The fourth-order valence-corrected chi connectivity index (χ4v) is 3.56. The Balaban J connectivity index is 1.54. The van der Waals surface area contributed by atoms with Crippen LogP contribution in [-0.4, -0.2) is 42.0 Å². The van der Waals surface area contributed by atoms with Crippen molar-refractivity contribution in [3.05, 3.63) is 35.4 Å². The Morgan fingerprint density at radius 1 is 1.12 bits per heavy atom. The quantitative estimate of drug-likeness (QED) is 0.908. The molecular formula is C18H21N3O3. The summed E-state index contributed by atoms with van der Waals surface area (Å²) in [4.78, 5) is 25.6. The second-order valence-corrected chi connectivity index (χ2v) is 6.46. The van der Waals surface area contributed by atoms with Gasteiger partial charge in [-0.15, -0.1) is 0 Å². The van der Waals surface area contributed by atoms with E-state index in [1.807, 2.05) is 11.0 Å². The van der Waals surface area contributed by atoms with Crippen molar-refractivity contribution >= 4 is 11.8 Å². The first-order chi connectivity index (χ1) is 11.6. The van der Waals surface area contributed by atoms with Crippen molar-refractivity contribution in [2.45, 2.75) is 37.9 Å². The number of ether oxygens (including phenoxy) is 1. The summed E-state index contributed by atoms with van der Waals surface area (Å²) in [7, 11) is 0. The van der Waals surface area contributed by atoms with Crippen LogP contribution in [0.4, 0.5) is 0 Å². The minimum absolute atomic E-state index is 0.000271. The van der Waals surface area contributed by atoms with Gasteiger partial charge in [0.15, 0.2) is 0 Å². The summed E-state index contributed by atoms with van der Waals surface area (Å²) < 4.78 is 5.76. The summed E-state index contributed by atoms with van der Waals surface area (Å²) in [6.45, 7) is 1.37. The number of piperidine rings is 1. The number of rotatable bonds is 3. The molecule has 2 aliphatic rings. The van der Waals surface area contributed by atoms with E-state index in [-0.39, 0.29) is 17.9 Å². The molecule has 2 amide bonds. The molecule has 126 valence electrons. The molecule has 0 bridgehead atoms. The van der Waals surface area contributed by atoms with Gasteiger partial charge in [0.2, 0.25) is 5.91 Å². The Morgan fingerprint density at radius 2 is 1.79 bits per heavy atom. The number of hydrogen-bond donors (Lipinski definition) is 1. The zero-order valence-electron chi connectivity index (χ0n) is 13.5. The molecule has 0 aliphatic carbocycles. The van der Waals surface area contributed by atoms with Gasteiger partial charge in [0, 0.05) is 18.7 Å². The van der Waals surface area contributed by atoms with E-state index in [9.17, 15) is 9.59 Å². The molecule has 1 aromatic carbocycles. The van der Waals surface area contributed by atoms with Gasteiger partial charge in [-0.05, 0) is 55.9 Å². The average molecular weight is 327 g/mol. The fraction of sp³-hybridized carbons (Fsp3) is 0.500. The number of nitrogens with zero attached hydrogens (tertiary/aromatic N) is 2. The zero-order valence-corrected chi connectivity index (χ0v) is 13.5. The molecule has 6 heteroatoms. The maximum Gasteiger partial charge on any atom is 0.253 e. The second kappa shape index (κ2) is 7.02. The van der Waals surface area contributed by atoms with Gasteiger partial charge < -0.3 is 15.4 Å². The molecule has 2 saturated heterocycles. The topological polar surface area (TPSA) is 96.4 Å². The smallest absolute Gasteiger partial charge is 0.253 e. The van der Waals surface area contributed by atoms with Gasteiger partial charge in [0.05, 0.1) is 17.7 Å². The number of nitriles is 1.